The van der Waals surface area contributed by atoms with Gasteiger partial charge in [0.25, 0.3) is 11.8 Å². The maximum Gasteiger partial charge on any atom is 0.253 e. The van der Waals surface area contributed by atoms with Crippen molar-refractivity contribution < 1.29 is 38.4 Å². The van der Waals surface area contributed by atoms with E-state index in [-0.39, 0.29) is 63.7 Å². The van der Waals surface area contributed by atoms with E-state index in [1.54, 1.807) is 31.2 Å². The summed E-state index contributed by atoms with van der Waals surface area (Å²) in [6.45, 7) is 1.21. The van der Waals surface area contributed by atoms with Gasteiger partial charge in [0, 0.05) is 51.0 Å². The van der Waals surface area contributed by atoms with Gasteiger partial charge in [-0.05, 0) is 18.9 Å². The number of hydrogen-bond acceptors (Lipinski definition) is 8. The van der Waals surface area contributed by atoms with Crippen molar-refractivity contribution >= 4 is 47.3 Å². The number of hydrogen-bond donors (Lipinski definition) is 6. The minimum atomic E-state index is -0.997. The van der Waals surface area contributed by atoms with Gasteiger partial charge in [-0.2, -0.15) is 0 Å². The van der Waals surface area contributed by atoms with Crippen LogP contribution in [0.5, 0.6) is 0 Å². The molecule has 15 nitrogen and oxygen atoms in total. The van der Waals surface area contributed by atoms with E-state index in [4.69, 9.17) is 0 Å². The van der Waals surface area contributed by atoms with Crippen LogP contribution in [0.3, 0.4) is 0 Å². The number of nitrogens with zero attached hydrogens (tertiary/aromatic N) is 1. The molecule has 1 aliphatic heterocycles. The Morgan fingerprint density at radius 1 is 0.698 bits per heavy atom. The molecule has 1 aromatic rings. The summed E-state index contributed by atoms with van der Waals surface area (Å²) in [5.41, 5.74) is 0.778. The summed E-state index contributed by atoms with van der Waals surface area (Å²) in [5, 5.41) is 15.0. The highest BCUT2D eigenvalue weighted by Crippen LogP contribution is 2.05. The van der Waals surface area contributed by atoms with E-state index < -0.39 is 48.0 Å². The number of likely N-dealkylation sites (N-methyl/N-ethyl adjacent to an activating group) is 1. The molecule has 0 spiro atoms. The Labute approximate surface area is 248 Å². The Bertz CT molecular complexity index is 1200. The van der Waals surface area contributed by atoms with Gasteiger partial charge in [-0.25, -0.2) is 0 Å². The molecular weight excluding hydrogens is 562 g/mol. The van der Waals surface area contributed by atoms with Crippen LogP contribution in [0.1, 0.15) is 31.7 Å². The number of carbonyl (C=O) groups excluding carboxylic acids is 8. The maximum atomic E-state index is 12.7. The van der Waals surface area contributed by atoms with Crippen LogP contribution in [-0.4, -0.2) is 97.5 Å². The number of benzene rings is 1. The van der Waals surface area contributed by atoms with Crippen LogP contribution in [0.4, 0.5) is 0 Å². The molecule has 1 aromatic carbocycles. The van der Waals surface area contributed by atoms with Gasteiger partial charge in [-0.3, -0.25) is 43.3 Å². The van der Waals surface area contributed by atoms with E-state index >= 15 is 0 Å². The highest BCUT2D eigenvalue weighted by molar-refractivity contribution is 6.13. The molecule has 1 aliphatic rings. The van der Waals surface area contributed by atoms with E-state index in [0.717, 1.165) is 22.6 Å². The normalized spacial score (nSPS) is 12.7. The first-order valence-electron chi connectivity index (χ1n) is 13.8. The van der Waals surface area contributed by atoms with Gasteiger partial charge in [0.2, 0.25) is 35.4 Å². The fourth-order valence-corrected chi connectivity index (χ4v) is 3.79. The van der Waals surface area contributed by atoms with Crippen molar-refractivity contribution in [2.45, 2.75) is 38.6 Å². The minimum absolute atomic E-state index is 0.0214. The van der Waals surface area contributed by atoms with Crippen molar-refractivity contribution in [2.24, 2.45) is 0 Å². The summed E-state index contributed by atoms with van der Waals surface area (Å²) in [5.74, 6) is -3.96. The summed E-state index contributed by atoms with van der Waals surface area (Å²) in [7, 11) is 0. The van der Waals surface area contributed by atoms with Crippen LogP contribution in [0.15, 0.2) is 42.5 Å². The molecule has 0 saturated heterocycles. The lowest BCUT2D eigenvalue weighted by Gasteiger charge is -2.19. The third-order valence-corrected chi connectivity index (χ3v) is 5.99. The summed E-state index contributed by atoms with van der Waals surface area (Å²) in [4.78, 5) is 96.7. The first-order valence-corrected chi connectivity index (χ1v) is 13.8. The maximum absolute atomic E-state index is 12.7. The van der Waals surface area contributed by atoms with Crippen LogP contribution < -0.4 is 31.9 Å². The second kappa shape index (κ2) is 18.4. The lowest BCUT2D eigenvalue weighted by atomic mass is 10.1. The summed E-state index contributed by atoms with van der Waals surface area (Å²) in [6, 6.07) is 7.96. The smallest absolute Gasteiger partial charge is 0.253 e. The van der Waals surface area contributed by atoms with Gasteiger partial charge in [0.05, 0.1) is 19.6 Å². The second-order valence-electron chi connectivity index (χ2n) is 9.40. The molecular formula is C28H37N7O8. The number of nitrogens with one attached hydrogen (secondary N) is 6. The van der Waals surface area contributed by atoms with Gasteiger partial charge in [-0.1, -0.05) is 30.3 Å². The van der Waals surface area contributed by atoms with Crippen molar-refractivity contribution in [3.05, 3.63) is 48.0 Å². The molecule has 0 bridgehead atoms. The summed E-state index contributed by atoms with van der Waals surface area (Å²) >= 11 is 0. The average Bonchev–Trinajstić information content (AvgIpc) is 3.31. The largest absolute Gasteiger partial charge is 0.356 e. The van der Waals surface area contributed by atoms with Gasteiger partial charge in [-0.15, -0.1) is 0 Å². The molecule has 1 atom stereocenters. The van der Waals surface area contributed by atoms with Crippen LogP contribution in [-0.2, 0) is 44.8 Å². The summed E-state index contributed by atoms with van der Waals surface area (Å²) < 4.78 is 0. The Hall–Kier alpha value is -5.08. The zero-order chi connectivity index (χ0) is 31.6. The number of amides is 8. The molecule has 6 N–H and O–H groups in total. The van der Waals surface area contributed by atoms with Crippen LogP contribution >= 0.6 is 0 Å². The predicted molar refractivity (Wildman–Crippen MR) is 153 cm³/mol. The third-order valence-electron chi connectivity index (χ3n) is 5.99. The number of carbonyl (C=O) groups is 8. The number of imide groups is 1. The molecule has 15 heteroatoms. The molecule has 0 aliphatic carbocycles. The fourth-order valence-electron chi connectivity index (χ4n) is 3.79. The molecule has 2 rings (SSSR count). The van der Waals surface area contributed by atoms with E-state index in [1.165, 1.54) is 0 Å². The Kier molecular flexibility index (Phi) is 14.6. The Balaban J connectivity index is 1.65. The standard InChI is InChI=1S/C28H37N7O8/c1-2-29-23(38)17-33-28(43)20(15-19-7-4-3-5-8-19)34-25(40)18-32-24(39)16-31-21(36)9-6-13-30-22(37)12-14-35-26(41)10-11-27(35)42/h3-5,7-8,10-11,20H,2,6,9,12-18H2,1H3,(H,29,38)(H,30,37)(H,31,36)(H,32,39)(H,33,43)(H,34,40). The SMILES string of the molecule is CCNC(=O)CNC(=O)C(Cc1ccccc1)NC(=O)CNC(=O)CNC(=O)CCCNC(=O)CCN1C(=O)C=CC1=O. The topological polar surface area (TPSA) is 212 Å². The molecule has 0 fully saturated rings. The molecule has 43 heavy (non-hydrogen) atoms. The van der Waals surface area contributed by atoms with Crippen LogP contribution in [0.25, 0.3) is 0 Å². The number of rotatable bonds is 18. The highest BCUT2D eigenvalue weighted by Gasteiger charge is 2.24. The second-order valence-corrected chi connectivity index (χ2v) is 9.40. The first kappa shape index (κ1) is 34.1. The molecule has 0 saturated carbocycles. The van der Waals surface area contributed by atoms with Gasteiger partial charge in [0.15, 0.2) is 0 Å². The summed E-state index contributed by atoms with van der Waals surface area (Å²) in [6.07, 6.45) is 2.68. The van der Waals surface area contributed by atoms with Gasteiger partial charge in [0.1, 0.15) is 6.04 Å². The average molecular weight is 600 g/mol. The predicted octanol–water partition coefficient (Wildman–Crippen LogP) is -2.59. The van der Waals surface area contributed by atoms with E-state index in [0.29, 0.717) is 6.54 Å². The van der Waals surface area contributed by atoms with Crippen LogP contribution in [0, 0.1) is 0 Å². The fraction of sp³-hybridized carbons (Fsp3) is 0.429. The van der Waals surface area contributed by atoms with E-state index in [9.17, 15) is 38.4 Å². The van der Waals surface area contributed by atoms with Crippen molar-refractivity contribution in [1.82, 2.24) is 36.8 Å². The zero-order valence-corrected chi connectivity index (χ0v) is 23.9. The third kappa shape index (κ3) is 13.4. The van der Waals surface area contributed by atoms with Gasteiger partial charge < -0.3 is 31.9 Å². The first-order chi connectivity index (χ1) is 20.6. The van der Waals surface area contributed by atoms with Crippen LogP contribution in [0.2, 0.25) is 0 Å². The van der Waals surface area contributed by atoms with Crippen molar-refractivity contribution in [1.29, 1.82) is 0 Å². The lowest BCUT2D eigenvalue weighted by Crippen LogP contribution is -2.52. The van der Waals surface area contributed by atoms with Gasteiger partial charge >= 0.3 is 0 Å². The van der Waals surface area contributed by atoms with E-state index in [2.05, 4.69) is 31.9 Å². The van der Waals surface area contributed by atoms with E-state index in [1.807, 2.05) is 6.07 Å². The van der Waals surface area contributed by atoms with Crippen molar-refractivity contribution in [3.63, 3.8) is 0 Å². The Morgan fingerprint density at radius 3 is 1.95 bits per heavy atom. The minimum Gasteiger partial charge on any atom is -0.356 e. The Morgan fingerprint density at radius 2 is 1.28 bits per heavy atom. The molecule has 8 amide bonds. The molecule has 232 valence electrons. The van der Waals surface area contributed by atoms with Crippen molar-refractivity contribution in [3.8, 4) is 0 Å². The lowest BCUT2D eigenvalue weighted by molar-refractivity contribution is -0.137. The quantitative estimate of drug-likeness (QED) is 0.0777. The highest BCUT2D eigenvalue weighted by atomic mass is 16.2. The van der Waals surface area contributed by atoms with Crippen molar-refractivity contribution in [2.75, 3.05) is 39.3 Å². The monoisotopic (exact) mass is 599 g/mol. The molecule has 1 heterocycles. The molecule has 0 radical (unpaired) electrons. The molecule has 0 aromatic heterocycles. The molecule has 1 unspecified atom stereocenters. The zero-order valence-electron chi connectivity index (χ0n) is 23.9.